The number of ether oxygens (including phenoxy) is 1. The number of carbonyl (C=O) groups is 2. The Morgan fingerprint density at radius 1 is 1.08 bits per heavy atom. The second-order valence-electron chi connectivity index (χ2n) is 5.94. The molecule has 1 N–H and O–H groups in total. The predicted octanol–water partition coefficient (Wildman–Crippen LogP) is 3.06. The molecule has 0 aromatic heterocycles. The molecule has 0 saturated carbocycles. The van der Waals surface area contributed by atoms with Crippen LogP contribution in [-0.4, -0.2) is 25.0 Å². The topological polar surface area (TPSA) is 58.6 Å². The van der Waals surface area contributed by atoms with Crippen LogP contribution in [-0.2, 0) is 9.59 Å². The van der Waals surface area contributed by atoms with E-state index in [1.165, 1.54) is 4.90 Å². The summed E-state index contributed by atoms with van der Waals surface area (Å²) in [6.45, 7) is 3.82. The van der Waals surface area contributed by atoms with Crippen molar-refractivity contribution in [3.05, 3.63) is 53.6 Å². The number of aryl methyl sites for hydroxylation is 2. The summed E-state index contributed by atoms with van der Waals surface area (Å²) >= 11 is 0. The lowest BCUT2D eigenvalue weighted by Gasteiger charge is -2.20. The summed E-state index contributed by atoms with van der Waals surface area (Å²) in [5.74, 6) is 0.293. The number of methoxy groups -OCH3 is 1. The Hall–Kier alpha value is -2.82. The maximum atomic E-state index is 12.8. The van der Waals surface area contributed by atoms with E-state index < -0.39 is 6.04 Å². The maximum absolute atomic E-state index is 12.8. The van der Waals surface area contributed by atoms with Gasteiger partial charge in [-0.3, -0.25) is 9.59 Å². The molecular weight excluding hydrogens is 304 g/mol. The quantitative estimate of drug-likeness (QED) is 0.878. The van der Waals surface area contributed by atoms with Crippen LogP contribution in [0, 0.1) is 13.8 Å². The maximum Gasteiger partial charge on any atom is 0.256 e. The molecule has 0 bridgehead atoms. The van der Waals surface area contributed by atoms with Crippen molar-refractivity contribution < 1.29 is 14.3 Å². The largest absolute Gasteiger partial charge is 0.497 e. The number of imide groups is 1. The van der Waals surface area contributed by atoms with Gasteiger partial charge in [0.25, 0.3) is 5.91 Å². The number of hydrogen-bond donors (Lipinski definition) is 1. The van der Waals surface area contributed by atoms with Gasteiger partial charge in [0, 0.05) is 11.8 Å². The van der Waals surface area contributed by atoms with E-state index >= 15 is 0 Å². The summed E-state index contributed by atoms with van der Waals surface area (Å²) in [6.07, 6.45) is 0.143. The summed E-state index contributed by atoms with van der Waals surface area (Å²) in [4.78, 5) is 26.6. The first kappa shape index (κ1) is 16.1. The Labute approximate surface area is 141 Å². The van der Waals surface area contributed by atoms with Crippen molar-refractivity contribution in [2.24, 2.45) is 0 Å². The van der Waals surface area contributed by atoms with Crippen molar-refractivity contribution in [1.29, 1.82) is 0 Å². The van der Waals surface area contributed by atoms with E-state index in [1.807, 2.05) is 50.2 Å². The van der Waals surface area contributed by atoms with E-state index in [4.69, 9.17) is 4.74 Å². The summed E-state index contributed by atoms with van der Waals surface area (Å²) in [7, 11) is 1.59. The van der Waals surface area contributed by atoms with E-state index in [-0.39, 0.29) is 18.2 Å². The van der Waals surface area contributed by atoms with Crippen molar-refractivity contribution in [3.63, 3.8) is 0 Å². The minimum absolute atomic E-state index is 0.143. The fraction of sp³-hybridized carbons (Fsp3) is 0.263. The SMILES string of the molecule is COc1cccc(NC2CC(=O)N(c3c(C)cccc3C)C2=O)c1. The number of carbonyl (C=O) groups excluding carboxylic acids is 2. The van der Waals surface area contributed by atoms with E-state index in [0.717, 1.165) is 16.8 Å². The Kier molecular flexibility index (Phi) is 4.25. The van der Waals surface area contributed by atoms with Gasteiger partial charge in [-0.15, -0.1) is 0 Å². The first-order valence-corrected chi connectivity index (χ1v) is 7.85. The third-order valence-corrected chi connectivity index (χ3v) is 4.22. The molecule has 2 aromatic carbocycles. The Bertz CT molecular complexity index is 781. The predicted molar refractivity (Wildman–Crippen MR) is 93.4 cm³/mol. The summed E-state index contributed by atoms with van der Waals surface area (Å²) in [5, 5.41) is 3.14. The van der Waals surface area contributed by atoms with Gasteiger partial charge in [0.2, 0.25) is 5.91 Å². The van der Waals surface area contributed by atoms with Crippen molar-refractivity contribution in [2.45, 2.75) is 26.3 Å². The third kappa shape index (κ3) is 2.85. The van der Waals surface area contributed by atoms with Crippen molar-refractivity contribution in [1.82, 2.24) is 0 Å². The van der Waals surface area contributed by atoms with Crippen LogP contribution in [0.3, 0.4) is 0 Å². The van der Waals surface area contributed by atoms with Crippen LogP contribution in [0.1, 0.15) is 17.5 Å². The third-order valence-electron chi connectivity index (χ3n) is 4.22. The molecule has 0 radical (unpaired) electrons. The molecule has 0 spiro atoms. The number of hydrogen-bond acceptors (Lipinski definition) is 4. The normalized spacial score (nSPS) is 17.3. The van der Waals surface area contributed by atoms with E-state index in [1.54, 1.807) is 13.2 Å². The molecule has 0 aliphatic carbocycles. The van der Waals surface area contributed by atoms with Crippen molar-refractivity contribution in [2.75, 3.05) is 17.3 Å². The van der Waals surface area contributed by atoms with E-state index in [2.05, 4.69) is 5.32 Å². The molecule has 5 nitrogen and oxygen atoms in total. The van der Waals surface area contributed by atoms with E-state index in [0.29, 0.717) is 11.4 Å². The molecular formula is C19H20N2O3. The monoisotopic (exact) mass is 324 g/mol. The van der Waals surface area contributed by atoms with Crippen LogP contribution < -0.4 is 15.0 Å². The van der Waals surface area contributed by atoms with Gasteiger partial charge >= 0.3 is 0 Å². The van der Waals surface area contributed by atoms with Crippen LogP contribution in [0.5, 0.6) is 5.75 Å². The summed E-state index contributed by atoms with van der Waals surface area (Å²) in [6, 6.07) is 12.5. The molecule has 124 valence electrons. The molecule has 1 aliphatic rings. The zero-order valence-corrected chi connectivity index (χ0v) is 14.0. The molecule has 2 amide bonds. The zero-order chi connectivity index (χ0) is 17.3. The lowest BCUT2D eigenvalue weighted by atomic mass is 10.1. The molecule has 24 heavy (non-hydrogen) atoms. The van der Waals surface area contributed by atoms with E-state index in [9.17, 15) is 9.59 Å². The van der Waals surface area contributed by atoms with Crippen LogP contribution in [0.4, 0.5) is 11.4 Å². The summed E-state index contributed by atoms with van der Waals surface area (Å²) in [5.41, 5.74) is 3.28. The second-order valence-corrected chi connectivity index (χ2v) is 5.94. The Balaban J connectivity index is 1.86. The molecule has 5 heteroatoms. The number of rotatable bonds is 4. The second kappa shape index (κ2) is 6.35. The first-order chi connectivity index (χ1) is 11.5. The fourth-order valence-electron chi connectivity index (χ4n) is 3.05. The van der Waals surface area contributed by atoms with Crippen molar-refractivity contribution >= 4 is 23.2 Å². The number of nitrogens with one attached hydrogen (secondary N) is 1. The van der Waals surface area contributed by atoms with Crippen molar-refractivity contribution in [3.8, 4) is 5.75 Å². The standard InChI is InChI=1S/C19H20N2O3/c1-12-6-4-7-13(2)18(12)21-17(22)11-16(19(21)23)20-14-8-5-9-15(10-14)24-3/h4-10,16,20H,11H2,1-3H3. The zero-order valence-electron chi connectivity index (χ0n) is 14.0. The molecule has 2 aromatic rings. The smallest absolute Gasteiger partial charge is 0.256 e. The minimum Gasteiger partial charge on any atom is -0.497 e. The highest BCUT2D eigenvalue weighted by Crippen LogP contribution is 2.31. The van der Waals surface area contributed by atoms with Gasteiger partial charge in [0.1, 0.15) is 11.8 Å². The molecule has 3 rings (SSSR count). The number of para-hydroxylation sites is 1. The Morgan fingerprint density at radius 2 is 1.75 bits per heavy atom. The lowest BCUT2D eigenvalue weighted by Crippen LogP contribution is -2.35. The van der Waals surface area contributed by atoms with Crippen LogP contribution in [0.25, 0.3) is 0 Å². The lowest BCUT2D eigenvalue weighted by molar-refractivity contribution is -0.121. The molecule has 1 aliphatic heterocycles. The highest BCUT2D eigenvalue weighted by molar-refractivity contribution is 6.23. The Morgan fingerprint density at radius 3 is 2.42 bits per heavy atom. The van der Waals surface area contributed by atoms with Gasteiger partial charge in [-0.2, -0.15) is 0 Å². The minimum atomic E-state index is -0.566. The highest BCUT2D eigenvalue weighted by atomic mass is 16.5. The van der Waals surface area contributed by atoms with Gasteiger partial charge in [-0.25, -0.2) is 4.90 Å². The molecule has 1 saturated heterocycles. The first-order valence-electron chi connectivity index (χ1n) is 7.85. The number of amides is 2. The van der Waals surface area contributed by atoms with Crippen LogP contribution in [0.15, 0.2) is 42.5 Å². The number of nitrogens with zero attached hydrogens (tertiary/aromatic N) is 1. The molecule has 1 unspecified atom stereocenters. The number of anilines is 2. The van der Waals surface area contributed by atoms with Crippen LogP contribution >= 0.6 is 0 Å². The van der Waals surface area contributed by atoms with Crippen LogP contribution in [0.2, 0.25) is 0 Å². The van der Waals surface area contributed by atoms with Gasteiger partial charge in [-0.1, -0.05) is 24.3 Å². The highest BCUT2D eigenvalue weighted by Gasteiger charge is 2.40. The van der Waals surface area contributed by atoms with Gasteiger partial charge < -0.3 is 10.1 Å². The average molecular weight is 324 g/mol. The van der Waals surface area contributed by atoms with Gasteiger partial charge in [0.15, 0.2) is 0 Å². The average Bonchev–Trinajstić information content (AvgIpc) is 2.82. The fourth-order valence-corrected chi connectivity index (χ4v) is 3.05. The molecule has 1 fully saturated rings. The van der Waals surface area contributed by atoms with Gasteiger partial charge in [-0.05, 0) is 37.1 Å². The van der Waals surface area contributed by atoms with Gasteiger partial charge in [0.05, 0.1) is 19.2 Å². The molecule has 1 atom stereocenters. The summed E-state index contributed by atoms with van der Waals surface area (Å²) < 4.78 is 5.19. The number of benzene rings is 2. The molecule has 1 heterocycles.